The summed E-state index contributed by atoms with van der Waals surface area (Å²) >= 11 is 0. The van der Waals surface area contributed by atoms with Crippen LogP contribution in [-0.2, 0) is 6.54 Å². The minimum atomic E-state index is -0.459. The van der Waals surface area contributed by atoms with E-state index in [2.05, 4.69) is 5.10 Å². The highest BCUT2D eigenvalue weighted by Gasteiger charge is 2.26. The van der Waals surface area contributed by atoms with Crippen molar-refractivity contribution in [2.24, 2.45) is 5.92 Å². The molecule has 2 aromatic carbocycles. The molecule has 3 aromatic rings. The third-order valence-corrected chi connectivity index (χ3v) is 6.65. The van der Waals surface area contributed by atoms with Crippen molar-refractivity contribution < 1.29 is 14.6 Å². The van der Waals surface area contributed by atoms with Crippen molar-refractivity contribution in [1.82, 2.24) is 14.7 Å². The average molecular weight is 432 g/mol. The first kappa shape index (κ1) is 20.8. The zero-order valence-electron chi connectivity index (χ0n) is 18.2. The molecular weight excluding hydrogens is 402 g/mol. The second-order valence-electron chi connectivity index (χ2n) is 8.79. The van der Waals surface area contributed by atoms with E-state index in [0.717, 1.165) is 35.4 Å². The molecule has 2 aliphatic rings. The number of carbonyl (C=O) groups is 1. The number of fused-ring (bicyclic) bond motifs is 1. The molecule has 0 radical (unpaired) electrons. The smallest absolute Gasteiger partial charge is 0.254 e. The fourth-order valence-electron chi connectivity index (χ4n) is 4.88. The number of amides is 1. The highest BCUT2D eigenvalue weighted by atomic mass is 16.5. The van der Waals surface area contributed by atoms with Gasteiger partial charge in [0.1, 0.15) is 12.4 Å². The monoisotopic (exact) mass is 431 g/mol. The van der Waals surface area contributed by atoms with Gasteiger partial charge in [-0.3, -0.25) is 4.79 Å². The van der Waals surface area contributed by atoms with Gasteiger partial charge in [0.15, 0.2) is 0 Å². The summed E-state index contributed by atoms with van der Waals surface area (Å²) in [6.07, 6.45) is 8.91. The second-order valence-corrected chi connectivity index (χ2v) is 8.79. The quantitative estimate of drug-likeness (QED) is 0.660. The van der Waals surface area contributed by atoms with Gasteiger partial charge in [-0.05, 0) is 60.7 Å². The SMILES string of the molecule is O=C(c1cccc(-n2cccn2)c1)N1CCOc2ccc([C@@H](O)C3CCCCC3)cc2C1. The molecule has 166 valence electrons. The number of rotatable bonds is 4. The first-order valence-electron chi connectivity index (χ1n) is 11.5. The van der Waals surface area contributed by atoms with Crippen molar-refractivity contribution in [1.29, 1.82) is 0 Å². The van der Waals surface area contributed by atoms with Crippen LogP contribution in [0.3, 0.4) is 0 Å². The van der Waals surface area contributed by atoms with Gasteiger partial charge in [-0.1, -0.05) is 31.4 Å². The van der Waals surface area contributed by atoms with Gasteiger partial charge in [0.2, 0.25) is 0 Å². The largest absolute Gasteiger partial charge is 0.491 e. The molecule has 2 heterocycles. The molecule has 0 spiro atoms. The Kier molecular flexibility index (Phi) is 5.95. The molecular formula is C26H29N3O3. The summed E-state index contributed by atoms with van der Waals surface area (Å²) in [5.74, 6) is 1.08. The van der Waals surface area contributed by atoms with Crippen molar-refractivity contribution in [3.8, 4) is 11.4 Å². The minimum Gasteiger partial charge on any atom is -0.491 e. The van der Waals surface area contributed by atoms with Gasteiger partial charge in [-0.15, -0.1) is 0 Å². The third kappa shape index (κ3) is 4.28. The van der Waals surface area contributed by atoms with E-state index in [1.807, 2.05) is 59.6 Å². The van der Waals surface area contributed by atoms with Crippen molar-refractivity contribution in [3.63, 3.8) is 0 Å². The molecule has 0 unspecified atom stereocenters. The maximum absolute atomic E-state index is 13.3. The van der Waals surface area contributed by atoms with E-state index in [9.17, 15) is 9.90 Å². The standard InChI is InChI=1S/C26H29N3O3/c30-25(19-6-2-1-3-7-19)20-10-11-24-22(16-20)18-28(14-15-32-24)26(31)21-8-4-9-23(17-21)29-13-5-12-27-29/h4-5,8-13,16-17,19,25,30H,1-3,6-7,14-15,18H2/t25-/m0/s1. The molecule has 1 saturated carbocycles. The number of nitrogens with zero attached hydrogens (tertiary/aromatic N) is 3. The number of benzene rings is 2. The van der Waals surface area contributed by atoms with Crippen LogP contribution in [0, 0.1) is 5.92 Å². The molecule has 1 aromatic heterocycles. The lowest BCUT2D eigenvalue weighted by atomic mass is 9.82. The van der Waals surface area contributed by atoms with Gasteiger partial charge in [-0.25, -0.2) is 4.68 Å². The number of aliphatic hydroxyl groups is 1. The Bertz CT molecular complexity index is 1070. The van der Waals surface area contributed by atoms with Crippen molar-refractivity contribution in [2.45, 2.75) is 44.8 Å². The molecule has 6 nitrogen and oxygen atoms in total. The van der Waals surface area contributed by atoms with E-state index < -0.39 is 6.10 Å². The topological polar surface area (TPSA) is 67.6 Å². The normalized spacial score (nSPS) is 17.8. The molecule has 0 bridgehead atoms. The summed E-state index contributed by atoms with van der Waals surface area (Å²) in [7, 11) is 0. The van der Waals surface area contributed by atoms with E-state index >= 15 is 0 Å². The minimum absolute atomic E-state index is 0.0336. The Morgan fingerprint density at radius 3 is 2.78 bits per heavy atom. The van der Waals surface area contributed by atoms with Gasteiger partial charge < -0.3 is 14.7 Å². The summed E-state index contributed by atoms with van der Waals surface area (Å²) in [5, 5.41) is 15.2. The second kappa shape index (κ2) is 9.17. The van der Waals surface area contributed by atoms with E-state index in [4.69, 9.17) is 4.74 Å². The Labute approximate surface area is 188 Å². The van der Waals surface area contributed by atoms with E-state index in [1.165, 1.54) is 19.3 Å². The summed E-state index contributed by atoms with van der Waals surface area (Å²) in [6, 6.07) is 15.3. The van der Waals surface area contributed by atoms with Crippen LogP contribution in [0.2, 0.25) is 0 Å². The van der Waals surface area contributed by atoms with Crippen LogP contribution < -0.4 is 4.74 Å². The molecule has 1 N–H and O–H groups in total. The lowest BCUT2D eigenvalue weighted by Crippen LogP contribution is -2.32. The maximum atomic E-state index is 13.3. The predicted octanol–water partition coefficient (Wildman–Crippen LogP) is 4.52. The lowest BCUT2D eigenvalue weighted by molar-refractivity contribution is 0.0733. The highest BCUT2D eigenvalue weighted by molar-refractivity contribution is 5.94. The van der Waals surface area contributed by atoms with E-state index in [-0.39, 0.29) is 5.91 Å². The van der Waals surface area contributed by atoms with Crippen LogP contribution >= 0.6 is 0 Å². The van der Waals surface area contributed by atoms with E-state index in [0.29, 0.717) is 31.2 Å². The Hall–Kier alpha value is -3.12. The third-order valence-electron chi connectivity index (χ3n) is 6.65. The number of aliphatic hydroxyl groups excluding tert-OH is 1. The molecule has 1 fully saturated rings. The first-order chi connectivity index (χ1) is 15.7. The number of ether oxygens (including phenoxy) is 1. The van der Waals surface area contributed by atoms with Gasteiger partial charge in [0, 0.05) is 30.1 Å². The Morgan fingerprint density at radius 2 is 1.97 bits per heavy atom. The zero-order chi connectivity index (χ0) is 21.9. The summed E-state index contributed by atoms with van der Waals surface area (Å²) < 4.78 is 7.68. The van der Waals surface area contributed by atoms with Crippen LogP contribution in [0.1, 0.15) is 59.7 Å². The van der Waals surface area contributed by atoms with Crippen LogP contribution in [0.15, 0.2) is 60.9 Å². The average Bonchev–Trinajstić information content (AvgIpc) is 3.30. The molecule has 5 rings (SSSR count). The number of hydrogen-bond donors (Lipinski definition) is 1. The molecule has 1 aliphatic carbocycles. The van der Waals surface area contributed by atoms with Gasteiger partial charge in [0.25, 0.3) is 5.91 Å². The molecule has 32 heavy (non-hydrogen) atoms. The molecule has 1 amide bonds. The number of carbonyl (C=O) groups excluding carboxylic acids is 1. The Balaban J connectivity index is 1.37. The van der Waals surface area contributed by atoms with Crippen LogP contribution in [-0.4, -0.2) is 38.8 Å². The Morgan fingerprint density at radius 1 is 1.09 bits per heavy atom. The molecule has 6 heteroatoms. The van der Waals surface area contributed by atoms with E-state index in [1.54, 1.807) is 10.9 Å². The molecule has 1 atom stereocenters. The van der Waals surface area contributed by atoms with Gasteiger partial charge in [-0.2, -0.15) is 5.10 Å². The van der Waals surface area contributed by atoms with Gasteiger partial charge >= 0.3 is 0 Å². The first-order valence-corrected chi connectivity index (χ1v) is 11.5. The maximum Gasteiger partial charge on any atom is 0.254 e. The fourth-order valence-corrected chi connectivity index (χ4v) is 4.88. The van der Waals surface area contributed by atoms with Crippen LogP contribution in [0.25, 0.3) is 5.69 Å². The summed E-state index contributed by atoms with van der Waals surface area (Å²) in [6.45, 7) is 1.42. The number of hydrogen-bond acceptors (Lipinski definition) is 4. The summed E-state index contributed by atoms with van der Waals surface area (Å²) in [5.41, 5.74) is 3.35. The zero-order valence-corrected chi connectivity index (χ0v) is 18.2. The van der Waals surface area contributed by atoms with Gasteiger partial charge in [0.05, 0.1) is 18.3 Å². The van der Waals surface area contributed by atoms with Crippen molar-refractivity contribution in [3.05, 3.63) is 77.6 Å². The van der Waals surface area contributed by atoms with Crippen molar-refractivity contribution in [2.75, 3.05) is 13.2 Å². The fraction of sp³-hybridized carbons (Fsp3) is 0.385. The lowest BCUT2D eigenvalue weighted by Gasteiger charge is -2.27. The predicted molar refractivity (Wildman–Crippen MR) is 122 cm³/mol. The molecule has 0 saturated heterocycles. The number of aromatic nitrogens is 2. The van der Waals surface area contributed by atoms with Crippen molar-refractivity contribution >= 4 is 5.91 Å². The van der Waals surface area contributed by atoms with Crippen LogP contribution in [0.5, 0.6) is 5.75 Å². The van der Waals surface area contributed by atoms with Crippen LogP contribution in [0.4, 0.5) is 0 Å². The highest BCUT2D eigenvalue weighted by Crippen LogP contribution is 2.36. The summed E-state index contributed by atoms with van der Waals surface area (Å²) in [4.78, 5) is 15.2. The molecule has 1 aliphatic heterocycles.